The van der Waals surface area contributed by atoms with Crippen molar-refractivity contribution in [2.24, 2.45) is 0 Å². The van der Waals surface area contributed by atoms with E-state index in [1.165, 1.54) is 11.8 Å². The fourth-order valence-electron chi connectivity index (χ4n) is 0.544. The van der Waals surface area contributed by atoms with Gasteiger partial charge in [-0.05, 0) is 6.07 Å². The highest BCUT2D eigenvalue weighted by Gasteiger charge is 1.96. The predicted molar refractivity (Wildman–Crippen MR) is 40.6 cm³/mol. The van der Waals surface area contributed by atoms with E-state index in [1.54, 1.807) is 13.1 Å². The Balaban J connectivity index is 2.35. The van der Waals surface area contributed by atoms with Crippen LogP contribution in [-0.2, 0) is 10.5 Å². The molecule has 0 atom stereocenters. The number of hydrogen-bond donors (Lipinski definition) is 1. The number of nitrogens with zero attached hydrogens (tertiary/aromatic N) is 1. The Hall–Kier alpha value is -0.770. The second-order valence-corrected chi connectivity index (χ2v) is 3.01. The van der Waals surface area contributed by atoms with Crippen LogP contribution in [0.1, 0.15) is 12.6 Å². The average Bonchev–Trinajstić information content (AvgIpc) is 2.34. The Morgan fingerprint density at radius 1 is 1.90 bits per heavy atom. The lowest BCUT2D eigenvalue weighted by Crippen LogP contribution is -1.85. The van der Waals surface area contributed by atoms with E-state index in [0.717, 1.165) is 5.69 Å². The predicted octanol–water partition coefficient (Wildman–Crippen LogP) is 1.19. The molecule has 0 spiro atoms. The smallest absolute Gasteiger partial charge is 0.186 e. The number of H-pyrrole nitrogens is 1. The van der Waals surface area contributed by atoms with Gasteiger partial charge < -0.3 is 0 Å². The molecule has 0 aliphatic carbocycles. The van der Waals surface area contributed by atoms with Crippen molar-refractivity contribution in [3.63, 3.8) is 0 Å². The molecule has 54 valence electrons. The van der Waals surface area contributed by atoms with Gasteiger partial charge >= 0.3 is 0 Å². The van der Waals surface area contributed by atoms with Crippen LogP contribution in [0.2, 0.25) is 0 Å². The normalized spacial score (nSPS) is 9.70. The van der Waals surface area contributed by atoms with Gasteiger partial charge in [0.15, 0.2) is 5.12 Å². The van der Waals surface area contributed by atoms with E-state index >= 15 is 0 Å². The van der Waals surface area contributed by atoms with Gasteiger partial charge in [0.2, 0.25) is 0 Å². The molecule has 1 rings (SSSR count). The molecule has 0 saturated heterocycles. The lowest BCUT2D eigenvalue weighted by atomic mass is 10.5. The number of rotatable bonds is 2. The van der Waals surface area contributed by atoms with Crippen LogP contribution >= 0.6 is 11.8 Å². The third-order valence-electron chi connectivity index (χ3n) is 0.989. The van der Waals surface area contributed by atoms with Crippen LogP contribution in [0, 0.1) is 0 Å². The molecule has 0 unspecified atom stereocenters. The largest absolute Gasteiger partial charge is 0.288 e. The molecule has 0 amide bonds. The summed E-state index contributed by atoms with van der Waals surface area (Å²) in [4.78, 5) is 10.5. The number of carbonyl (C=O) groups excluding carboxylic acids is 1. The molecule has 1 heterocycles. The monoisotopic (exact) mass is 156 g/mol. The maximum atomic E-state index is 10.5. The summed E-state index contributed by atoms with van der Waals surface area (Å²) >= 11 is 1.28. The quantitative estimate of drug-likeness (QED) is 0.699. The standard InChI is InChI=1S/C6H8N2OS/c1-5(9)10-4-6-2-3-7-8-6/h2-3H,4H2,1H3,(H,7,8). The van der Waals surface area contributed by atoms with Crippen LogP contribution in [0.25, 0.3) is 0 Å². The topological polar surface area (TPSA) is 45.8 Å². The molecule has 3 nitrogen and oxygen atoms in total. The molecule has 0 aromatic carbocycles. The van der Waals surface area contributed by atoms with Crippen molar-refractivity contribution in [1.82, 2.24) is 10.2 Å². The van der Waals surface area contributed by atoms with Gasteiger partial charge in [-0.3, -0.25) is 9.89 Å². The second-order valence-electron chi connectivity index (χ2n) is 1.86. The van der Waals surface area contributed by atoms with Crippen molar-refractivity contribution in [3.05, 3.63) is 18.0 Å². The van der Waals surface area contributed by atoms with Crippen LogP contribution in [0.5, 0.6) is 0 Å². The van der Waals surface area contributed by atoms with Crippen molar-refractivity contribution in [2.45, 2.75) is 12.7 Å². The zero-order valence-electron chi connectivity index (χ0n) is 5.63. The molecular formula is C6H8N2OS. The number of carbonyl (C=O) groups is 1. The fraction of sp³-hybridized carbons (Fsp3) is 0.333. The minimum atomic E-state index is 0.134. The van der Waals surface area contributed by atoms with E-state index < -0.39 is 0 Å². The first-order chi connectivity index (χ1) is 4.79. The van der Waals surface area contributed by atoms with E-state index in [2.05, 4.69) is 10.2 Å². The lowest BCUT2D eigenvalue weighted by Gasteiger charge is -1.90. The van der Waals surface area contributed by atoms with Crippen LogP contribution in [0.4, 0.5) is 0 Å². The Labute approximate surface area is 63.2 Å². The highest BCUT2D eigenvalue weighted by molar-refractivity contribution is 8.12. The van der Waals surface area contributed by atoms with Gasteiger partial charge in [0, 0.05) is 24.6 Å². The number of aromatic nitrogens is 2. The van der Waals surface area contributed by atoms with Gasteiger partial charge in [0.05, 0.1) is 0 Å². The zero-order chi connectivity index (χ0) is 7.40. The van der Waals surface area contributed by atoms with Crippen molar-refractivity contribution in [1.29, 1.82) is 0 Å². The molecule has 1 aromatic heterocycles. The molecular weight excluding hydrogens is 148 g/mol. The fourth-order valence-corrected chi connectivity index (χ4v) is 1.06. The van der Waals surface area contributed by atoms with Gasteiger partial charge in [-0.1, -0.05) is 11.8 Å². The van der Waals surface area contributed by atoms with Crippen molar-refractivity contribution in [3.8, 4) is 0 Å². The maximum absolute atomic E-state index is 10.5. The van der Waals surface area contributed by atoms with Crippen LogP contribution in [0.3, 0.4) is 0 Å². The van der Waals surface area contributed by atoms with Crippen molar-refractivity contribution < 1.29 is 4.79 Å². The summed E-state index contributed by atoms with van der Waals surface area (Å²) in [6.45, 7) is 1.56. The summed E-state index contributed by atoms with van der Waals surface area (Å²) in [5, 5.41) is 6.65. The first kappa shape index (κ1) is 7.34. The summed E-state index contributed by atoms with van der Waals surface area (Å²) in [6, 6.07) is 1.86. The summed E-state index contributed by atoms with van der Waals surface area (Å²) in [6.07, 6.45) is 1.68. The summed E-state index contributed by atoms with van der Waals surface area (Å²) in [7, 11) is 0. The molecule has 0 aliphatic heterocycles. The zero-order valence-corrected chi connectivity index (χ0v) is 6.44. The minimum absolute atomic E-state index is 0.134. The maximum Gasteiger partial charge on any atom is 0.186 e. The Morgan fingerprint density at radius 3 is 3.20 bits per heavy atom. The number of hydrogen-bond acceptors (Lipinski definition) is 3. The molecule has 1 aromatic rings. The van der Waals surface area contributed by atoms with Gasteiger partial charge in [-0.25, -0.2) is 0 Å². The van der Waals surface area contributed by atoms with Crippen molar-refractivity contribution >= 4 is 16.9 Å². The van der Waals surface area contributed by atoms with E-state index in [-0.39, 0.29) is 5.12 Å². The molecule has 0 saturated carbocycles. The Morgan fingerprint density at radius 2 is 2.70 bits per heavy atom. The van der Waals surface area contributed by atoms with Crippen LogP contribution < -0.4 is 0 Å². The number of thioether (sulfide) groups is 1. The minimum Gasteiger partial charge on any atom is -0.288 e. The number of aromatic amines is 1. The van der Waals surface area contributed by atoms with Crippen LogP contribution in [-0.4, -0.2) is 15.3 Å². The van der Waals surface area contributed by atoms with E-state index in [9.17, 15) is 4.79 Å². The molecule has 10 heavy (non-hydrogen) atoms. The molecule has 0 fully saturated rings. The van der Waals surface area contributed by atoms with Gasteiger partial charge in [0.25, 0.3) is 0 Å². The van der Waals surface area contributed by atoms with E-state index in [0.29, 0.717) is 5.75 Å². The number of nitrogens with one attached hydrogen (secondary N) is 1. The third kappa shape index (κ3) is 2.23. The summed E-state index contributed by atoms with van der Waals surface area (Å²) < 4.78 is 0. The SMILES string of the molecule is CC(=O)SCc1ccn[nH]1. The average molecular weight is 156 g/mol. The lowest BCUT2D eigenvalue weighted by molar-refractivity contribution is -0.109. The first-order valence-electron chi connectivity index (χ1n) is 2.90. The van der Waals surface area contributed by atoms with Gasteiger partial charge in [0.1, 0.15) is 0 Å². The molecule has 0 radical (unpaired) electrons. The third-order valence-corrected chi connectivity index (χ3v) is 1.85. The van der Waals surface area contributed by atoms with Crippen molar-refractivity contribution in [2.75, 3.05) is 0 Å². The molecule has 0 aliphatic rings. The van der Waals surface area contributed by atoms with Gasteiger partial charge in [-0.2, -0.15) is 5.10 Å². The Bertz CT molecular complexity index is 208. The van der Waals surface area contributed by atoms with E-state index in [1.807, 2.05) is 6.07 Å². The second kappa shape index (κ2) is 3.41. The molecule has 4 heteroatoms. The Kier molecular flexibility index (Phi) is 2.50. The highest BCUT2D eigenvalue weighted by atomic mass is 32.2. The van der Waals surface area contributed by atoms with E-state index in [4.69, 9.17) is 0 Å². The molecule has 1 N–H and O–H groups in total. The molecule has 0 bridgehead atoms. The highest BCUT2D eigenvalue weighted by Crippen LogP contribution is 2.08. The first-order valence-corrected chi connectivity index (χ1v) is 3.89. The summed E-state index contributed by atoms with van der Waals surface area (Å²) in [5.74, 6) is 0.690. The van der Waals surface area contributed by atoms with Gasteiger partial charge in [-0.15, -0.1) is 0 Å². The van der Waals surface area contributed by atoms with Crippen LogP contribution in [0.15, 0.2) is 12.3 Å². The summed E-state index contributed by atoms with van der Waals surface area (Å²) in [5.41, 5.74) is 0.986.